The zero-order valence-electron chi connectivity index (χ0n) is 8.66. The highest BCUT2D eigenvalue weighted by Gasteiger charge is 2.08. The Hall–Kier alpha value is -1.35. The molecule has 1 unspecified atom stereocenters. The molecule has 0 bridgehead atoms. The Bertz CT molecular complexity index is 323. The normalized spacial score (nSPS) is 12.2. The lowest BCUT2D eigenvalue weighted by atomic mass is 10.0. The van der Waals surface area contributed by atoms with Gasteiger partial charge in [-0.05, 0) is 18.9 Å². The summed E-state index contributed by atoms with van der Waals surface area (Å²) >= 11 is 0. The number of rotatable bonds is 4. The monoisotopic (exact) mass is 192 g/mol. The predicted octanol–water partition coefficient (Wildman–Crippen LogP) is 1.97. The van der Waals surface area contributed by atoms with Crippen LogP contribution in [0.15, 0.2) is 24.8 Å². The molecule has 0 saturated carbocycles. The second kappa shape index (κ2) is 4.77. The van der Waals surface area contributed by atoms with Crippen LogP contribution in [0, 0.1) is 6.92 Å². The zero-order chi connectivity index (χ0) is 10.6. The van der Waals surface area contributed by atoms with Crippen molar-refractivity contribution in [1.29, 1.82) is 0 Å². The van der Waals surface area contributed by atoms with E-state index in [1.165, 1.54) is 0 Å². The van der Waals surface area contributed by atoms with Crippen molar-refractivity contribution in [3.63, 3.8) is 0 Å². The van der Waals surface area contributed by atoms with Gasteiger partial charge in [-0.3, -0.25) is 0 Å². The van der Waals surface area contributed by atoms with Crippen molar-refractivity contribution in [1.82, 2.24) is 4.98 Å². The van der Waals surface area contributed by atoms with Crippen molar-refractivity contribution in [3.05, 3.63) is 36.0 Å². The van der Waals surface area contributed by atoms with Crippen LogP contribution in [0.1, 0.15) is 23.7 Å². The van der Waals surface area contributed by atoms with Gasteiger partial charge in [0.25, 0.3) is 0 Å². The first-order valence-electron chi connectivity index (χ1n) is 4.57. The lowest BCUT2D eigenvalue weighted by molar-refractivity contribution is 0.396. The number of nitrogens with zero attached hydrogens (tertiary/aromatic N) is 1. The number of hydrogen-bond donors (Lipinski definition) is 1. The summed E-state index contributed by atoms with van der Waals surface area (Å²) in [6.45, 7) is 5.60. The molecule has 0 saturated heterocycles. The van der Waals surface area contributed by atoms with Gasteiger partial charge in [0.2, 0.25) is 5.88 Å². The van der Waals surface area contributed by atoms with Gasteiger partial charge in [-0.15, -0.1) is 6.58 Å². The lowest BCUT2D eigenvalue weighted by Gasteiger charge is -2.12. The Balaban J connectivity index is 2.93. The standard InChI is InChI=1S/C11H16N2O/c1-4-5-10(12)9-6-7-11(14-3)13-8(9)2/h4,6-7,10H,1,5,12H2,2-3H3. The van der Waals surface area contributed by atoms with E-state index in [1.54, 1.807) is 7.11 Å². The summed E-state index contributed by atoms with van der Waals surface area (Å²) in [7, 11) is 1.60. The van der Waals surface area contributed by atoms with Gasteiger partial charge in [-0.2, -0.15) is 0 Å². The third kappa shape index (κ3) is 2.33. The van der Waals surface area contributed by atoms with E-state index in [4.69, 9.17) is 10.5 Å². The van der Waals surface area contributed by atoms with E-state index in [1.807, 2.05) is 25.1 Å². The number of ether oxygens (including phenoxy) is 1. The van der Waals surface area contributed by atoms with E-state index in [9.17, 15) is 0 Å². The van der Waals surface area contributed by atoms with Gasteiger partial charge in [0.1, 0.15) is 0 Å². The molecular formula is C11H16N2O. The molecule has 0 fully saturated rings. The van der Waals surface area contributed by atoms with Crippen molar-refractivity contribution in [2.45, 2.75) is 19.4 Å². The van der Waals surface area contributed by atoms with Gasteiger partial charge < -0.3 is 10.5 Å². The molecule has 1 rings (SSSR count). The largest absolute Gasteiger partial charge is 0.481 e. The molecule has 3 nitrogen and oxygen atoms in total. The van der Waals surface area contributed by atoms with E-state index >= 15 is 0 Å². The highest BCUT2D eigenvalue weighted by atomic mass is 16.5. The number of aromatic nitrogens is 1. The van der Waals surface area contributed by atoms with Gasteiger partial charge in [0.05, 0.1) is 7.11 Å². The SMILES string of the molecule is C=CCC(N)c1ccc(OC)nc1C. The summed E-state index contributed by atoms with van der Waals surface area (Å²) in [5, 5.41) is 0. The zero-order valence-corrected chi connectivity index (χ0v) is 8.66. The first-order chi connectivity index (χ1) is 6.69. The minimum absolute atomic E-state index is 0.0223. The van der Waals surface area contributed by atoms with Crippen LogP contribution in [0.4, 0.5) is 0 Å². The Morgan fingerprint density at radius 2 is 2.36 bits per heavy atom. The Labute approximate surface area is 84.6 Å². The number of aryl methyl sites for hydroxylation is 1. The number of nitrogens with two attached hydrogens (primary N) is 1. The quantitative estimate of drug-likeness (QED) is 0.742. The molecule has 1 heterocycles. The van der Waals surface area contributed by atoms with Crippen molar-refractivity contribution in [2.24, 2.45) is 5.73 Å². The maximum atomic E-state index is 5.95. The van der Waals surface area contributed by atoms with Crippen molar-refractivity contribution in [2.75, 3.05) is 7.11 Å². The average molecular weight is 192 g/mol. The smallest absolute Gasteiger partial charge is 0.213 e. The molecule has 14 heavy (non-hydrogen) atoms. The second-order valence-electron chi connectivity index (χ2n) is 3.16. The highest BCUT2D eigenvalue weighted by molar-refractivity contribution is 5.27. The molecule has 0 spiro atoms. The maximum Gasteiger partial charge on any atom is 0.213 e. The number of pyridine rings is 1. The lowest BCUT2D eigenvalue weighted by Crippen LogP contribution is -2.11. The summed E-state index contributed by atoms with van der Waals surface area (Å²) in [6, 6.07) is 3.76. The van der Waals surface area contributed by atoms with Gasteiger partial charge in [0, 0.05) is 17.8 Å². The van der Waals surface area contributed by atoms with E-state index in [2.05, 4.69) is 11.6 Å². The minimum Gasteiger partial charge on any atom is -0.481 e. The maximum absolute atomic E-state index is 5.95. The van der Waals surface area contributed by atoms with Crippen LogP contribution in [-0.4, -0.2) is 12.1 Å². The third-order valence-corrected chi connectivity index (χ3v) is 2.13. The van der Waals surface area contributed by atoms with Crippen LogP contribution in [0.2, 0.25) is 0 Å². The van der Waals surface area contributed by atoms with Gasteiger partial charge in [-0.1, -0.05) is 12.1 Å². The van der Waals surface area contributed by atoms with Crippen LogP contribution in [0.5, 0.6) is 5.88 Å². The summed E-state index contributed by atoms with van der Waals surface area (Å²) in [5.41, 5.74) is 7.91. The van der Waals surface area contributed by atoms with Crippen molar-refractivity contribution in [3.8, 4) is 5.88 Å². The molecule has 0 aliphatic heterocycles. The van der Waals surface area contributed by atoms with Crippen LogP contribution >= 0.6 is 0 Å². The van der Waals surface area contributed by atoms with Crippen LogP contribution in [0.3, 0.4) is 0 Å². The highest BCUT2D eigenvalue weighted by Crippen LogP contribution is 2.19. The molecule has 1 aromatic rings. The second-order valence-corrected chi connectivity index (χ2v) is 3.16. The van der Waals surface area contributed by atoms with Crippen LogP contribution in [0.25, 0.3) is 0 Å². The topological polar surface area (TPSA) is 48.1 Å². The van der Waals surface area contributed by atoms with Gasteiger partial charge >= 0.3 is 0 Å². The molecule has 2 N–H and O–H groups in total. The predicted molar refractivity (Wildman–Crippen MR) is 57.3 cm³/mol. The summed E-state index contributed by atoms with van der Waals surface area (Å²) < 4.78 is 5.02. The molecular weight excluding hydrogens is 176 g/mol. The van der Waals surface area contributed by atoms with E-state index < -0.39 is 0 Å². The number of methoxy groups -OCH3 is 1. The summed E-state index contributed by atoms with van der Waals surface area (Å²) in [4.78, 5) is 4.26. The van der Waals surface area contributed by atoms with Crippen molar-refractivity contribution >= 4 is 0 Å². The van der Waals surface area contributed by atoms with Gasteiger partial charge in [-0.25, -0.2) is 4.98 Å². The molecule has 1 atom stereocenters. The van der Waals surface area contributed by atoms with Crippen LogP contribution < -0.4 is 10.5 Å². The fraction of sp³-hybridized carbons (Fsp3) is 0.364. The Morgan fingerprint density at radius 3 is 2.86 bits per heavy atom. The molecule has 76 valence electrons. The van der Waals surface area contributed by atoms with Crippen LogP contribution in [-0.2, 0) is 0 Å². The van der Waals surface area contributed by atoms with Gasteiger partial charge in [0.15, 0.2) is 0 Å². The summed E-state index contributed by atoms with van der Waals surface area (Å²) in [6.07, 6.45) is 2.57. The van der Waals surface area contributed by atoms with E-state index in [0.717, 1.165) is 17.7 Å². The minimum atomic E-state index is -0.0223. The molecule has 0 aliphatic rings. The third-order valence-electron chi connectivity index (χ3n) is 2.13. The van der Waals surface area contributed by atoms with E-state index in [0.29, 0.717) is 5.88 Å². The molecule has 3 heteroatoms. The summed E-state index contributed by atoms with van der Waals surface area (Å²) in [5.74, 6) is 0.622. The molecule has 0 aliphatic carbocycles. The first kappa shape index (κ1) is 10.7. The molecule has 0 amide bonds. The van der Waals surface area contributed by atoms with E-state index in [-0.39, 0.29) is 6.04 Å². The van der Waals surface area contributed by atoms with Crippen molar-refractivity contribution < 1.29 is 4.74 Å². The Kier molecular flexibility index (Phi) is 3.65. The molecule has 0 radical (unpaired) electrons. The Morgan fingerprint density at radius 1 is 1.64 bits per heavy atom. The fourth-order valence-electron chi connectivity index (χ4n) is 1.36. The number of hydrogen-bond acceptors (Lipinski definition) is 3. The molecule has 1 aromatic heterocycles. The first-order valence-corrected chi connectivity index (χ1v) is 4.57. The fourth-order valence-corrected chi connectivity index (χ4v) is 1.36. The molecule has 0 aromatic carbocycles. The average Bonchev–Trinajstić information content (AvgIpc) is 2.17.